The van der Waals surface area contributed by atoms with Gasteiger partial charge in [0.15, 0.2) is 6.29 Å². The molecule has 0 aliphatic carbocycles. The molecule has 0 spiro atoms. The zero-order chi connectivity index (χ0) is 11.4. The predicted octanol–water partition coefficient (Wildman–Crippen LogP) is 1.61. The summed E-state index contributed by atoms with van der Waals surface area (Å²) >= 11 is 0. The van der Waals surface area contributed by atoms with Crippen molar-refractivity contribution in [1.29, 1.82) is 0 Å². The summed E-state index contributed by atoms with van der Waals surface area (Å²) in [6, 6.07) is 7.34. The maximum absolute atomic E-state index is 10.4. The third kappa shape index (κ3) is 2.14. The van der Waals surface area contributed by atoms with Gasteiger partial charge in [-0.3, -0.25) is 4.79 Å². The van der Waals surface area contributed by atoms with Crippen LogP contribution in [0.3, 0.4) is 0 Å². The molecule has 0 aliphatic rings. The molecular formula is C11H10N4O. The topological polar surface area (TPSA) is 80.9 Å². The molecule has 2 aromatic rings. The second-order valence-electron chi connectivity index (χ2n) is 3.16. The highest BCUT2D eigenvalue weighted by Crippen LogP contribution is 2.20. The molecule has 0 amide bonds. The number of benzene rings is 1. The van der Waals surface area contributed by atoms with Crippen molar-refractivity contribution in [2.45, 2.75) is 0 Å². The van der Waals surface area contributed by atoms with Gasteiger partial charge in [-0.1, -0.05) is 12.1 Å². The highest BCUT2D eigenvalue weighted by molar-refractivity contribution is 5.73. The number of aldehydes is 1. The molecule has 5 nitrogen and oxygen atoms in total. The van der Waals surface area contributed by atoms with E-state index in [-0.39, 0.29) is 0 Å². The van der Waals surface area contributed by atoms with Crippen molar-refractivity contribution in [1.82, 2.24) is 9.97 Å². The van der Waals surface area contributed by atoms with Gasteiger partial charge < -0.3 is 11.1 Å². The summed E-state index contributed by atoms with van der Waals surface area (Å²) in [7, 11) is 0. The number of para-hydroxylation sites is 2. The van der Waals surface area contributed by atoms with Gasteiger partial charge in [-0.2, -0.15) is 0 Å². The first kappa shape index (κ1) is 10.1. The Labute approximate surface area is 92.3 Å². The van der Waals surface area contributed by atoms with Crippen LogP contribution in [-0.4, -0.2) is 16.3 Å². The van der Waals surface area contributed by atoms with Crippen LogP contribution in [0, 0.1) is 0 Å². The lowest BCUT2D eigenvalue weighted by molar-refractivity contribution is 0.111. The molecule has 1 aromatic heterocycles. The number of aromatic nitrogens is 2. The number of nitrogens with two attached hydrogens (primary N) is 1. The average molecular weight is 214 g/mol. The van der Waals surface area contributed by atoms with E-state index in [1.807, 2.05) is 18.2 Å². The van der Waals surface area contributed by atoms with Gasteiger partial charge in [0.25, 0.3) is 0 Å². The quantitative estimate of drug-likeness (QED) is 0.599. The number of hydrogen-bond acceptors (Lipinski definition) is 5. The van der Waals surface area contributed by atoms with Gasteiger partial charge in [-0.05, 0) is 12.1 Å². The number of carbonyl (C=O) groups excluding carboxylic acids is 1. The molecule has 5 heteroatoms. The largest absolute Gasteiger partial charge is 0.397 e. The summed E-state index contributed by atoms with van der Waals surface area (Å²) in [5, 5.41) is 3.01. The van der Waals surface area contributed by atoms with Gasteiger partial charge in [-0.25, -0.2) is 9.97 Å². The maximum atomic E-state index is 10.4. The molecule has 0 aliphatic heterocycles. The molecule has 0 fully saturated rings. The van der Waals surface area contributed by atoms with Crippen molar-refractivity contribution >= 4 is 23.5 Å². The van der Waals surface area contributed by atoms with E-state index in [1.165, 1.54) is 12.4 Å². The van der Waals surface area contributed by atoms with Gasteiger partial charge in [0.2, 0.25) is 0 Å². The lowest BCUT2D eigenvalue weighted by atomic mass is 10.3. The van der Waals surface area contributed by atoms with Gasteiger partial charge in [0.1, 0.15) is 11.5 Å². The molecule has 0 saturated heterocycles. The van der Waals surface area contributed by atoms with Gasteiger partial charge in [-0.15, -0.1) is 0 Å². The van der Waals surface area contributed by atoms with E-state index in [9.17, 15) is 4.79 Å². The number of nitrogens with zero attached hydrogens (tertiary/aromatic N) is 2. The Morgan fingerprint density at radius 1 is 1.19 bits per heavy atom. The van der Waals surface area contributed by atoms with Crippen molar-refractivity contribution in [2.24, 2.45) is 0 Å². The van der Waals surface area contributed by atoms with Gasteiger partial charge >= 0.3 is 0 Å². The Morgan fingerprint density at radius 3 is 2.62 bits per heavy atom. The summed E-state index contributed by atoms with van der Waals surface area (Å²) in [4.78, 5) is 18.3. The number of carbonyl (C=O) groups is 1. The summed E-state index contributed by atoms with van der Waals surface area (Å²) < 4.78 is 0. The Kier molecular flexibility index (Phi) is 2.77. The predicted molar refractivity (Wildman–Crippen MR) is 61.6 cm³/mol. The highest BCUT2D eigenvalue weighted by Gasteiger charge is 2.00. The molecule has 0 radical (unpaired) electrons. The Hall–Kier alpha value is -2.43. The second-order valence-corrected chi connectivity index (χ2v) is 3.16. The van der Waals surface area contributed by atoms with Crippen molar-refractivity contribution in [2.75, 3.05) is 11.1 Å². The lowest BCUT2D eigenvalue weighted by Gasteiger charge is -2.07. The van der Waals surface area contributed by atoms with E-state index in [4.69, 9.17) is 5.73 Å². The molecule has 80 valence electrons. The fourth-order valence-corrected chi connectivity index (χ4v) is 1.21. The molecular weight excluding hydrogens is 204 g/mol. The lowest BCUT2D eigenvalue weighted by Crippen LogP contribution is -1.99. The Morgan fingerprint density at radius 2 is 2.00 bits per heavy atom. The normalized spacial score (nSPS) is 9.75. The minimum atomic E-state index is 0.298. The van der Waals surface area contributed by atoms with Crippen molar-refractivity contribution in [3.8, 4) is 0 Å². The summed E-state index contributed by atoms with van der Waals surface area (Å²) in [5.74, 6) is 0.545. The Bertz CT molecular complexity index is 496. The number of nitrogen functional groups attached to an aromatic ring is 1. The fourth-order valence-electron chi connectivity index (χ4n) is 1.21. The van der Waals surface area contributed by atoms with Crippen molar-refractivity contribution in [3.63, 3.8) is 0 Å². The van der Waals surface area contributed by atoms with E-state index >= 15 is 0 Å². The van der Waals surface area contributed by atoms with Gasteiger partial charge in [0.05, 0.1) is 23.8 Å². The summed E-state index contributed by atoms with van der Waals surface area (Å²) in [6.45, 7) is 0. The number of hydrogen-bond donors (Lipinski definition) is 2. The second kappa shape index (κ2) is 4.39. The summed E-state index contributed by atoms with van der Waals surface area (Å²) in [6.07, 6.45) is 3.53. The van der Waals surface area contributed by atoms with Crippen LogP contribution in [0.25, 0.3) is 0 Å². The molecule has 3 N–H and O–H groups in total. The van der Waals surface area contributed by atoms with Crippen LogP contribution in [0.5, 0.6) is 0 Å². The van der Waals surface area contributed by atoms with E-state index in [0.29, 0.717) is 23.5 Å². The number of rotatable bonds is 3. The fraction of sp³-hybridized carbons (Fsp3) is 0. The van der Waals surface area contributed by atoms with Crippen molar-refractivity contribution in [3.05, 3.63) is 42.4 Å². The number of anilines is 3. The molecule has 1 aromatic carbocycles. The standard InChI is InChI=1S/C11H10N4O/c12-9-3-1-2-4-10(9)15-11-6-13-8(7-16)5-14-11/h1-7H,12H2,(H,14,15). The first-order valence-electron chi connectivity index (χ1n) is 4.68. The molecule has 1 heterocycles. The molecule has 0 bridgehead atoms. The third-order valence-electron chi connectivity index (χ3n) is 2.02. The molecule has 0 atom stereocenters. The first-order chi connectivity index (χ1) is 7.79. The first-order valence-corrected chi connectivity index (χ1v) is 4.68. The van der Waals surface area contributed by atoms with Crippen LogP contribution < -0.4 is 11.1 Å². The van der Waals surface area contributed by atoms with E-state index in [2.05, 4.69) is 15.3 Å². The molecule has 2 rings (SSSR count). The monoisotopic (exact) mass is 214 g/mol. The minimum absolute atomic E-state index is 0.298. The van der Waals surface area contributed by atoms with Gasteiger partial charge in [0, 0.05) is 0 Å². The van der Waals surface area contributed by atoms with Crippen LogP contribution in [0.15, 0.2) is 36.7 Å². The maximum Gasteiger partial charge on any atom is 0.170 e. The average Bonchev–Trinajstić information content (AvgIpc) is 2.33. The zero-order valence-electron chi connectivity index (χ0n) is 8.42. The van der Waals surface area contributed by atoms with Crippen LogP contribution in [0.2, 0.25) is 0 Å². The minimum Gasteiger partial charge on any atom is -0.397 e. The van der Waals surface area contributed by atoms with E-state index in [1.54, 1.807) is 6.07 Å². The van der Waals surface area contributed by atoms with Crippen LogP contribution in [0.4, 0.5) is 17.2 Å². The molecule has 0 unspecified atom stereocenters. The molecule has 0 saturated carbocycles. The van der Waals surface area contributed by atoms with Crippen LogP contribution in [-0.2, 0) is 0 Å². The molecule has 16 heavy (non-hydrogen) atoms. The van der Waals surface area contributed by atoms with E-state index in [0.717, 1.165) is 5.69 Å². The van der Waals surface area contributed by atoms with E-state index < -0.39 is 0 Å². The Balaban J connectivity index is 2.21. The smallest absolute Gasteiger partial charge is 0.170 e. The third-order valence-corrected chi connectivity index (χ3v) is 2.02. The van der Waals surface area contributed by atoms with Crippen LogP contribution in [0.1, 0.15) is 10.5 Å². The van der Waals surface area contributed by atoms with Crippen LogP contribution >= 0.6 is 0 Å². The SMILES string of the molecule is Nc1ccccc1Nc1cnc(C=O)cn1. The number of nitrogens with one attached hydrogen (secondary N) is 1. The van der Waals surface area contributed by atoms with Crippen molar-refractivity contribution < 1.29 is 4.79 Å². The summed E-state index contributed by atoms with van der Waals surface area (Å²) in [5.41, 5.74) is 7.44. The zero-order valence-corrected chi connectivity index (χ0v) is 8.42. The highest BCUT2D eigenvalue weighted by atomic mass is 16.1.